The summed E-state index contributed by atoms with van der Waals surface area (Å²) in [5.41, 5.74) is 0.957. The Balaban J connectivity index is 1.43. The summed E-state index contributed by atoms with van der Waals surface area (Å²) >= 11 is 0. The van der Waals surface area contributed by atoms with Crippen LogP contribution in [0.2, 0.25) is 0 Å². The zero-order chi connectivity index (χ0) is 16.8. The van der Waals surface area contributed by atoms with Crippen LogP contribution < -0.4 is 0 Å². The van der Waals surface area contributed by atoms with Gasteiger partial charge in [0.1, 0.15) is 6.54 Å². The topological polar surface area (TPSA) is 70.6 Å². The van der Waals surface area contributed by atoms with Gasteiger partial charge in [0.15, 0.2) is 0 Å². The second-order valence-electron chi connectivity index (χ2n) is 6.87. The molecule has 6 heteroatoms. The summed E-state index contributed by atoms with van der Waals surface area (Å²) in [7, 11) is 1.68. The van der Waals surface area contributed by atoms with Crippen LogP contribution in [0, 0.1) is 23.7 Å². The van der Waals surface area contributed by atoms with Gasteiger partial charge in [-0.25, -0.2) is 0 Å². The van der Waals surface area contributed by atoms with Crippen molar-refractivity contribution < 1.29 is 14.4 Å². The third kappa shape index (κ3) is 2.25. The zero-order valence-electron chi connectivity index (χ0n) is 13.5. The van der Waals surface area contributed by atoms with E-state index in [0.29, 0.717) is 6.54 Å². The third-order valence-corrected chi connectivity index (χ3v) is 5.45. The number of nitrogens with zero attached hydrogens (tertiary/aromatic N) is 3. The lowest BCUT2D eigenvalue weighted by Gasteiger charge is -2.22. The van der Waals surface area contributed by atoms with Crippen LogP contribution in [-0.2, 0) is 20.9 Å². The summed E-state index contributed by atoms with van der Waals surface area (Å²) in [5, 5.41) is 0. The summed E-state index contributed by atoms with van der Waals surface area (Å²) in [4.78, 5) is 44.3. The molecule has 4 rings (SSSR count). The number of hydrogen-bond acceptors (Lipinski definition) is 4. The van der Waals surface area contributed by atoms with E-state index in [1.165, 1.54) is 9.80 Å². The third-order valence-electron chi connectivity index (χ3n) is 5.45. The van der Waals surface area contributed by atoms with E-state index >= 15 is 0 Å². The Hall–Kier alpha value is -2.50. The van der Waals surface area contributed by atoms with Crippen molar-refractivity contribution in [2.24, 2.45) is 23.7 Å². The number of imide groups is 1. The first-order valence-electron chi connectivity index (χ1n) is 8.22. The number of rotatable bonds is 4. The molecule has 0 N–H and O–H groups in total. The van der Waals surface area contributed by atoms with E-state index in [9.17, 15) is 14.4 Å². The second-order valence-corrected chi connectivity index (χ2v) is 6.87. The Kier molecular flexibility index (Phi) is 3.48. The van der Waals surface area contributed by atoms with Gasteiger partial charge in [0.25, 0.3) is 0 Å². The van der Waals surface area contributed by atoms with Crippen molar-refractivity contribution in [2.75, 3.05) is 13.6 Å². The van der Waals surface area contributed by atoms with Crippen LogP contribution in [0.15, 0.2) is 36.7 Å². The lowest BCUT2D eigenvalue weighted by molar-refractivity contribution is -0.146. The van der Waals surface area contributed by atoms with E-state index in [4.69, 9.17) is 0 Å². The lowest BCUT2D eigenvalue weighted by Crippen LogP contribution is -2.42. The molecule has 1 saturated heterocycles. The van der Waals surface area contributed by atoms with E-state index in [1.807, 2.05) is 12.1 Å². The molecule has 3 aliphatic rings. The fraction of sp³-hybridized carbons (Fsp3) is 0.444. The van der Waals surface area contributed by atoms with Crippen molar-refractivity contribution in [3.8, 4) is 0 Å². The van der Waals surface area contributed by atoms with Crippen molar-refractivity contribution in [3.63, 3.8) is 0 Å². The van der Waals surface area contributed by atoms with Crippen LogP contribution in [0.25, 0.3) is 0 Å². The van der Waals surface area contributed by atoms with Crippen LogP contribution >= 0.6 is 0 Å². The van der Waals surface area contributed by atoms with Crippen LogP contribution in [-0.4, -0.2) is 46.1 Å². The molecule has 124 valence electrons. The average molecular weight is 325 g/mol. The number of hydrogen-bond donors (Lipinski definition) is 0. The number of allylic oxidation sites excluding steroid dienone is 2. The minimum Gasteiger partial charge on any atom is -0.340 e. The van der Waals surface area contributed by atoms with Gasteiger partial charge < -0.3 is 4.90 Å². The maximum Gasteiger partial charge on any atom is 0.242 e. The monoisotopic (exact) mass is 325 g/mol. The van der Waals surface area contributed by atoms with Gasteiger partial charge in [0.05, 0.1) is 11.8 Å². The fourth-order valence-electron chi connectivity index (χ4n) is 4.23. The summed E-state index contributed by atoms with van der Waals surface area (Å²) in [6.07, 6.45) is 8.35. The van der Waals surface area contributed by atoms with Gasteiger partial charge >= 0.3 is 0 Å². The summed E-state index contributed by atoms with van der Waals surface area (Å²) in [6, 6.07) is 3.67. The highest BCUT2D eigenvalue weighted by molar-refractivity contribution is 6.08. The van der Waals surface area contributed by atoms with Crippen molar-refractivity contribution >= 4 is 17.7 Å². The first-order valence-corrected chi connectivity index (χ1v) is 8.22. The van der Waals surface area contributed by atoms with Gasteiger partial charge in [0.2, 0.25) is 17.7 Å². The number of carbonyl (C=O) groups is 3. The minimum absolute atomic E-state index is 0.161. The number of amides is 3. The van der Waals surface area contributed by atoms with E-state index in [0.717, 1.165) is 12.0 Å². The maximum atomic E-state index is 12.6. The van der Waals surface area contributed by atoms with Crippen molar-refractivity contribution in [1.29, 1.82) is 0 Å². The Morgan fingerprint density at radius 1 is 1.17 bits per heavy atom. The fourth-order valence-corrected chi connectivity index (χ4v) is 4.23. The number of likely N-dealkylation sites (tertiary alicyclic amines) is 1. The molecule has 4 unspecified atom stereocenters. The van der Waals surface area contributed by atoms with E-state index < -0.39 is 0 Å². The molecule has 0 radical (unpaired) electrons. The van der Waals surface area contributed by atoms with E-state index in [-0.39, 0.29) is 47.9 Å². The maximum absolute atomic E-state index is 12.6. The molecule has 2 aliphatic carbocycles. The number of carbonyl (C=O) groups excluding carboxylic acids is 3. The Labute approximate surface area is 140 Å². The highest BCUT2D eigenvalue weighted by Gasteiger charge is 2.59. The second kappa shape index (κ2) is 5.54. The van der Waals surface area contributed by atoms with Gasteiger partial charge in [0, 0.05) is 26.0 Å². The highest BCUT2D eigenvalue weighted by atomic mass is 16.2. The van der Waals surface area contributed by atoms with Crippen LogP contribution in [0.3, 0.4) is 0 Å². The standard InChI is InChI=1S/C18H19N3O3/c1-20(9-11-4-6-19-7-5-11)14(22)10-21-17(23)15-12-2-3-13(8-12)16(15)18(21)24/h2-7,12-13,15-16H,8-10H2,1H3. The quantitative estimate of drug-likeness (QED) is 0.608. The number of likely N-dealkylation sites (N-methyl/N-ethyl adjacent to an activating group) is 1. The first-order chi connectivity index (χ1) is 11.6. The molecule has 4 atom stereocenters. The molecule has 1 aliphatic heterocycles. The van der Waals surface area contributed by atoms with Crippen LogP contribution in [0.5, 0.6) is 0 Å². The average Bonchev–Trinajstić information content (AvgIpc) is 3.25. The Morgan fingerprint density at radius 2 is 1.75 bits per heavy atom. The zero-order valence-corrected chi connectivity index (χ0v) is 13.5. The molecule has 0 spiro atoms. The molecular weight excluding hydrogens is 306 g/mol. The molecule has 3 amide bonds. The van der Waals surface area contributed by atoms with Gasteiger partial charge in [-0.1, -0.05) is 12.2 Å². The van der Waals surface area contributed by atoms with Crippen molar-refractivity contribution in [1.82, 2.24) is 14.8 Å². The molecule has 1 aromatic rings. The Morgan fingerprint density at radius 3 is 2.33 bits per heavy atom. The molecule has 0 aromatic carbocycles. The molecule has 2 bridgehead atoms. The molecule has 1 saturated carbocycles. The van der Waals surface area contributed by atoms with E-state index in [1.54, 1.807) is 19.4 Å². The van der Waals surface area contributed by atoms with Gasteiger partial charge in [-0.15, -0.1) is 0 Å². The van der Waals surface area contributed by atoms with Crippen molar-refractivity contribution in [2.45, 2.75) is 13.0 Å². The predicted molar refractivity (Wildman–Crippen MR) is 85.1 cm³/mol. The van der Waals surface area contributed by atoms with Crippen LogP contribution in [0.4, 0.5) is 0 Å². The lowest BCUT2D eigenvalue weighted by atomic mass is 9.85. The Bertz CT molecular complexity index is 700. The van der Waals surface area contributed by atoms with Gasteiger partial charge in [-0.2, -0.15) is 0 Å². The molecular formula is C18H19N3O3. The largest absolute Gasteiger partial charge is 0.340 e. The molecule has 1 aromatic heterocycles. The number of aromatic nitrogens is 1. The first kappa shape index (κ1) is 15.1. The molecule has 2 heterocycles. The minimum atomic E-state index is -0.245. The summed E-state index contributed by atoms with van der Waals surface area (Å²) < 4.78 is 0. The van der Waals surface area contributed by atoms with Crippen molar-refractivity contribution in [3.05, 3.63) is 42.2 Å². The molecule has 6 nitrogen and oxygen atoms in total. The smallest absolute Gasteiger partial charge is 0.242 e. The summed E-state index contributed by atoms with van der Waals surface area (Å²) in [6.45, 7) is 0.267. The van der Waals surface area contributed by atoms with Gasteiger partial charge in [-0.05, 0) is 36.0 Å². The molecule has 2 fully saturated rings. The van der Waals surface area contributed by atoms with Gasteiger partial charge in [-0.3, -0.25) is 24.3 Å². The predicted octanol–water partition coefficient (Wildman–Crippen LogP) is 0.847. The molecule has 24 heavy (non-hydrogen) atoms. The SMILES string of the molecule is CN(Cc1ccncc1)C(=O)CN1C(=O)C2C3C=CC(C3)C2C1=O. The number of fused-ring (bicyclic) bond motifs is 5. The normalized spacial score (nSPS) is 30.1. The summed E-state index contributed by atoms with van der Waals surface area (Å²) in [5.74, 6) is -0.720. The highest BCUT2D eigenvalue weighted by Crippen LogP contribution is 2.52. The number of pyridine rings is 1. The van der Waals surface area contributed by atoms with Crippen LogP contribution in [0.1, 0.15) is 12.0 Å². The van der Waals surface area contributed by atoms with E-state index in [2.05, 4.69) is 17.1 Å².